The van der Waals surface area contributed by atoms with Gasteiger partial charge >= 0.3 is 0 Å². The van der Waals surface area contributed by atoms with Gasteiger partial charge in [0.1, 0.15) is 16.8 Å². The second-order valence-electron chi connectivity index (χ2n) is 4.55. The van der Waals surface area contributed by atoms with Gasteiger partial charge < -0.3 is 9.64 Å². The first-order valence-corrected chi connectivity index (χ1v) is 7.00. The molecule has 0 bridgehead atoms. The van der Waals surface area contributed by atoms with E-state index >= 15 is 0 Å². The van der Waals surface area contributed by atoms with Gasteiger partial charge in [-0.25, -0.2) is 9.97 Å². The predicted molar refractivity (Wildman–Crippen MR) is 73.3 cm³/mol. The van der Waals surface area contributed by atoms with Crippen molar-refractivity contribution in [2.24, 2.45) is 0 Å². The summed E-state index contributed by atoms with van der Waals surface area (Å²) in [5, 5.41) is 0.532. The summed E-state index contributed by atoms with van der Waals surface area (Å²) in [4.78, 5) is 11.2. The highest BCUT2D eigenvalue weighted by molar-refractivity contribution is 6.29. The van der Waals surface area contributed by atoms with E-state index in [-0.39, 0.29) is 0 Å². The number of aryl methyl sites for hydroxylation is 1. The first-order valence-electron chi connectivity index (χ1n) is 6.62. The smallest absolute Gasteiger partial charge is 0.134 e. The molecule has 100 valence electrons. The molecule has 1 aliphatic heterocycles. The van der Waals surface area contributed by atoms with Crippen LogP contribution in [0.2, 0.25) is 5.15 Å². The second-order valence-corrected chi connectivity index (χ2v) is 4.93. The van der Waals surface area contributed by atoms with Crippen LogP contribution in [0.1, 0.15) is 32.5 Å². The van der Waals surface area contributed by atoms with Crippen molar-refractivity contribution in [3.8, 4) is 0 Å². The summed E-state index contributed by atoms with van der Waals surface area (Å²) < 4.78 is 5.51. The van der Waals surface area contributed by atoms with Crippen LogP contribution in [0.3, 0.4) is 0 Å². The third-order valence-corrected chi connectivity index (χ3v) is 3.39. The summed E-state index contributed by atoms with van der Waals surface area (Å²) in [7, 11) is 0. The van der Waals surface area contributed by atoms with E-state index in [9.17, 15) is 0 Å². The van der Waals surface area contributed by atoms with Gasteiger partial charge in [-0.3, -0.25) is 0 Å². The molecular formula is C13H20ClN3O. The van der Waals surface area contributed by atoms with Gasteiger partial charge in [-0.05, 0) is 12.8 Å². The zero-order chi connectivity index (χ0) is 13.0. The quantitative estimate of drug-likeness (QED) is 0.788. The molecule has 0 amide bonds. The van der Waals surface area contributed by atoms with Crippen LogP contribution in [0.5, 0.6) is 0 Å². The normalized spacial score (nSPS) is 20.2. The third kappa shape index (κ3) is 3.12. The Morgan fingerprint density at radius 2 is 2.28 bits per heavy atom. The molecule has 2 heterocycles. The number of nitrogens with zero attached hydrogens (tertiary/aromatic N) is 3. The van der Waals surface area contributed by atoms with Crippen molar-refractivity contribution in [1.82, 2.24) is 9.97 Å². The molecule has 0 radical (unpaired) electrons. The maximum Gasteiger partial charge on any atom is 0.134 e. The number of hydrogen-bond acceptors (Lipinski definition) is 4. The molecule has 1 aliphatic rings. The van der Waals surface area contributed by atoms with Crippen LogP contribution in [-0.4, -0.2) is 35.8 Å². The molecule has 0 N–H and O–H groups in total. The molecule has 2 rings (SSSR count). The maximum atomic E-state index is 6.09. The Hall–Kier alpha value is -0.870. The van der Waals surface area contributed by atoms with E-state index in [1.807, 2.05) is 6.07 Å². The number of anilines is 1. The topological polar surface area (TPSA) is 38.2 Å². The van der Waals surface area contributed by atoms with Crippen LogP contribution in [0.25, 0.3) is 0 Å². The van der Waals surface area contributed by atoms with Crippen molar-refractivity contribution in [2.75, 3.05) is 24.7 Å². The highest BCUT2D eigenvalue weighted by atomic mass is 35.5. The van der Waals surface area contributed by atoms with Crippen LogP contribution in [0.4, 0.5) is 5.82 Å². The van der Waals surface area contributed by atoms with Gasteiger partial charge in [-0.2, -0.15) is 0 Å². The molecule has 0 saturated carbocycles. The Labute approximate surface area is 113 Å². The van der Waals surface area contributed by atoms with E-state index in [1.165, 1.54) is 0 Å². The van der Waals surface area contributed by atoms with Gasteiger partial charge in [0.2, 0.25) is 0 Å². The molecule has 0 spiro atoms. The summed E-state index contributed by atoms with van der Waals surface area (Å²) in [6, 6.07) is 2.24. The van der Waals surface area contributed by atoms with E-state index < -0.39 is 0 Å². The fourth-order valence-electron chi connectivity index (χ4n) is 2.23. The molecule has 18 heavy (non-hydrogen) atoms. The highest BCUT2D eigenvalue weighted by Crippen LogP contribution is 2.22. The van der Waals surface area contributed by atoms with Crippen molar-refractivity contribution < 1.29 is 4.74 Å². The fraction of sp³-hybridized carbons (Fsp3) is 0.692. The van der Waals surface area contributed by atoms with E-state index in [1.54, 1.807) is 0 Å². The summed E-state index contributed by atoms with van der Waals surface area (Å²) in [5.41, 5.74) is 0. The van der Waals surface area contributed by atoms with Crippen molar-refractivity contribution in [3.05, 3.63) is 17.0 Å². The van der Waals surface area contributed by atoms with E-state index in [2.05, 4.69) is 28.7 Å². The molecular weight excluding hydrogens is 250 g/mol. The van der Waals surface area contributed by atoms with Crippen molar-refractivity contribution >= 4 is 17.4 Å². The van der Waals surface area contributed by atoms with Gasteiger partial charge in [0.25, 0.3) is 0 Å². The number of rotatable bonds is 4. The van der Waals surface area contributed by atoms with Crippen LogP contribution < -0.4 is 4.90 Å². The Bertz CT molecular complexity index is 400. The molecule has 1 fully saturated rings. The number of halogens is 1. The lowest BCUT2D eigenvalue weighted by Crippen LogP contribution is -2.45. The van der Waals surface area contributed by atoms with Crippen LogP contribution in [-0.2, 0) is 11.2 Å². The monoisotopic (exact) mass is 269 g/mol. The zero-order valence-corrected chi connectivity index (χ0v) is 11.8. The number of hydrogen-bond donors (Lipinski definition) is 0. The van der Waals surface area contributed by atoms with Crippen molar-refractivity contribution in [3.63, 3.8) is 0 Å². The fourth-order valence-corrected chi connectivity index (χ4v) is 2.42. The minimum absolute atomic E-state index is 0.388. The van der Waals surface area contributed by atoms with E-state index in [0.29, 0.717) is 11.2 Å². The Kier molecular flexibility index (Phi) is 4.78. The lowest BCUT2D eigenvalue weighted by atomic mass is 10.2. The average molecular weight is 270 g/mol. The first kappa shape index (κ1) is 13.6. The largest absolute Gasteiger partial charge is 0.377 e. The molecule has 1 unspecified atom stereocenters. The van der Waals surface area contributed by atoms with Gasteiger partial charge in [0, 0.05) is 19.0 Å². The van der Waals surface area contributed by atoms with Gasteiger partial charge in [0.05, 0.1) is 19.3 Å². The van der Waals surface area contributed by atoms with E-state index in [4.69, 9.17) is 16.3 Å². The van der Waals surface area contributed by atoms with Gasteiger partial charge in [-0.15, -0.1) is 0 Å². The lowest BCUT2D eigenvalue weighted by Gasteiger charge is -2.36. The standard InChI is InChI=1S/C13H20ClN3O/c1-3-5-12-15-11(14)8-13(16-12)17-6-7-18-9-10(17)4-2/h8,10H,3-7,9H2,1-2H3. The van der Waals surface area contributed by atoms with Crippen LogP contribution in [0, 0.1) is 0 Å². The lowest BCUT2D eigenvalue weighted by molar-refractivity contribution is 0.0925. The predicted octanol–water partition coefficient (Wildman–Crippen LogP) is 2.70. The molecule has 1 atom stereocenters. The number of aromatic nitrogens is 2. The number of morpholine rings is 1. The van der Waals surface area contributed by atoms with Gasteiger partial charge in [0.15, 0.2) is 0 Å². The summed E-state index contributed by atoms with van der Waals surface area (Å²) in [6.07, 6.45) is 2.94. The Morgan fingerprint density at radius 1 is 1.44 bits per heavy atom. The molecule has 1 aromatic heterocycles. The van der Waals surface area contributed by atoms with E-state index in [0.717, 1.165) is 50.7 Å². The number of ether oxygens (including phenoxy) is 1. The zero-order valence-electron chi connectivity index (χ0n) is 11.0. The highest BCUT2D eigenvalue weighted by Gasteiger charge is 2.23. The Balaban J connectivity index is 2.24. The summed E-state index contributed by atoms with van der Waals surface area (Å²) in [5.74, 6) is 1.77. The summed E-state index contributed by atoms with van der Waals surface area (Å²) >= 11 is 6.09. The minimum Gasteiger partial charge on any atom is -0.377 e. The van der Waals surface area contributed by atoms with Gasteiger partial charge in [-0.1, -0.05) is 25.4 Å². The summed E-state index contributed by atoms with van der Waals surface area (Å²) in [6.45, 7) is 6.68. The van der Waals surface area contributed by atoms with Crippen molar-refractivity contribution in [1.29, 1.82) is 0 Å². The SMILES string of the molecule is CCCc1nc(Cl)cc(N2CCOCC2CC)n1. The first-order chi connectivity index (χ1) is 8.74. The molecule has 5 heteroatoms. The van der Waals surface area contributed by atoms with Crippen molar-refractivity contribution in [2.45, 2.75) is 39.2 Å². The second kappa shape index (κ2) is 6.34. The van der Waals surface area contributed by atoms with Crippen LogP contribution in [0.15, 0.2) is 6.07 Å². The maximum absolute atomic E-state index is 6.09. The third-order valence-electron chi connectivity index (χ3n) is 3.19. The Morgan fingerprint density at radius 3 is 3.00 bits per heavy atom. The molecule has 0 aliphatic carbocycles. The molecule has 1 saturated heterocycles. The van der Waals surface area contributed by atoms with Crippen LogP contribution >= 0.6 is 11.6 Å². The molecule has 4 nitrogen and oxygen atoms in total. The molecule has 0 aromatic carbocycles. The minimum atomic E-state index is 0.388. The molecule has 1 aromatic rings. The average Bonchev–Trinajstić information content (AvgIpc) is 2.38.